The first kappa shape index (κ1) is 16.5. The number of hydrogen-bond acceptors (Lipinski definition) is 3. The van der Waals surface area contributed by atoms with Crippen molar-refractivity contribution in [3.63, 3.8) is 0 Å². The number of ether oxygens (including phenoxy) is 1. The third kappa shape index (κ3) is 2.90. The Labute approximate surface area is 139 Å². The van der Waals surface area contributed by atoms with Crippen LogP contribution in [0.15, 0.2) is 0 Å². The maximum Gasteiger partial charge on any atom is 0.239 e. The second-order valence-electron chi connectivity index (χ2n) is 7.68. The van der Waals surface area contributed by atoms with Gasteiger partial charge in [-0.1, -0.05) is 6.92 Å². The van der Waals surface area contributed by atoms with Gasteiger partial charge in [-0.3, -0.25) is 9.69 Å². The average molecular weight is 329 g/mol. The van der Waals surface area contributed by atoms with Crippen LogP contribution in [0.5, 0.6) is 0 Å². The van der Waals surface area contributed by atoms with Gasteiger partial charge in [0.15, 0.2) is 0 Å². The van der Waals surface area contributed by atoms with E-state index in [0.717, 1.165) is 43.4 Å². The van der Waals surface area contributed by atoms with E-state index in [-0.39, 0.29) is 24.4 Å². The Morgan fingerprint density at radius 1 is 1.14 bits per heavy atom. The third-order valence-corrected chi connectivity index (χ3v) is 6.48. The highest BCUT2D eigenvalue weighted by Crippen LogP contribution is 2.53. The Balaban J connectivity index is 0.00000144. The summed E-state index contributed by atoms with van der Waals surface area (Å²) in [6.07, 6.45) is 6.90. The van der Waals surface area contributed by atoms with Crippen LogP contribution in [0.1, 0.15) is 39.0 Å². The topological polar surface area (TPSA) is 41.6 Å². The number of hydrogen-bond donors (Lipinski definition) is 1. The van der Waals surface area contributed by atoms with Gasteiger partial charge in [0.05, 0.1) is 13.2 Å². The highest BCUT2D eigenvalue weighted by atomic mass is 35.5. The lowest BCUT2D eigenvalue weighted by atomic mass is 9.54. The van der Waals surface area contributed by atoms with E-state index in [0.29, 0.717) is 12.6 Å². The fraction of sp³-hybridized carbons (Fsp3) is 0.941. The number of likely N-dealkylation sites (N-methyl/N-ethyl adjacent to an activating group) is 1. The van der Waals surface area contributed by atoms with Crippen LogP contribution < -0.4 is 5.32 Å². The molecule has 5 rings (SSSR count). The molecule has 1 heterocycles. The lowest BCUT2D eigenvalue weighted by Gasteiger charge is -2.54. The van der Waals surface area contributed by atoms with Crippen LogP contribution in [0.4, 0.5) is 0 Å². The lowest BCUT2D eigenvalue weighted by Crippen LogP contribution is -2.60. The molecule has 0 aromatic rings. The second kappa shape index (κ2) is 6.66. The fourth-order valence-corrected chi connectivity index (χ4v) is 5.68. The quantitative estimate of drug-likeness (QED) is 0.862. The van der Waals surface area contributed by atoms with Crippen molar-refractivity contribution in [1.82, 2.24) is 10.2 Å². The molecule has 5 aliphatic rings. The molecule has 1 N–H and O–H groups in total. The molecule has 0 radical (unpaired) electrons. The van der Waals surface area contributed by atoms with Crippen LogP contribution >= 0.6 is 12.4 Å². The van der Waals surface area contributed by atoms with E-state index in [1.165, 1.54) is 32.1 Å². The number of amides is 1. The Hall–Kier alpha value is -0.320. The zero-order valence-corrected chi connectivity index (χ0v) is 14.3. The fourth-order valence-electron chi connectivity index (χ4n) is 5.68. The molecule has 1 amide bonds. The lowest BCUT2D eigenvalue weighted by molar-refractivity contribution is -0.136. The van der Waals surface area contributed by atoms with Gasteiger partial charge >= 0.3 is 0 Å². The van der Waals surface area contributed by atoms with Crippen LogP contribution in [-0.2, 0) is 9.53 Å². The normalized spacial score (nSPS) is 43.7. The summed E-state index contributed by atoms with van der Waals surface area (Å²) in [4.78, 5) is 15.0. The molecule has 5 heteroatoms. The monoisotopic (exact) mass is 328 g/mol. The average Bonchev–Trinajstić information content (AvgIpc) is 2.50. The van der Waals surface area contributed by atoms with E-state index < -0.39 is 0 Å². The zero-order chi connectivity index (χ0) is 14.4. The molecule has 1 atom stereocenters. The molecule has 1 aliphatic heterocycles. The molecule has 4 saturated carbocycles. The maximum atomic E-state index is 12.7. The van der Waals surface area contributed by atoms with E-state index in [1.807, 2.05) is 0 Å². The predicted octanol–water partition coefficient (Wildman–Crippen LogP) is 2.07. The van der Waals surface area contributed by atoms with Crippen molar-refractivity contribution < 1.29 is 9.53 Å². The number of carbonyl (C=O) groups excluding carboxylic acids is 1. The number of rotatable bonds is 3. The van der Waals surface area contributed by atoms with E-state index >= 15 is 0 Å². The molecule has 4 bridgehead atoms. The molecule has 4 nitrogen and oxygen atoms in total. The minimum absolute atomic E-state index is 0. The number of halogens is 1. The van der Waals surface area contributed by atoms with E-state index in [4.69, 9.17) is 4.74 Å². The Kier molecular flexibility index (Phi) is 5.01. The number of nitrogens with zero attached hydrogens (tertiary/aromatic N) is 1. The van der Waals surface area contributed by atoms with Gasteiger partial charge in [-0.25, -0.2) is 0 Å². The summed E-state index contributed by atoms with van der Waals surface area (Å²) in [7, 11) is 0. The smallest absolute Gasteiger partial charge is 0.239 e. The van der Waals surface area contributed by atoms with E-state index in [9.17, 15) is 4.79 Å². The van der Waals surface area contributed by atoms with Crippen molar-refractivity contribution >= 4 is 18.3 Å². The zero-order valence-electron chi connectivity index (χ0n) is 13.5. The second-order valence-corrected chi connectivity index (χ2v) is 7.68. The Bertz CT molecular complexity index is 389. The Morgan fingerprint density at radius 2 is 1.77 bits per heavy atom. The number of nitrogens with one attached hydrogen (secondary N) is 1. The van der Waals surface area contributed by atoms with Crippen LogP contribution in [0.2, 0.25) is 0 Å². The summed E-state index contributed by atoms with van der Waals surface area (Å²) < 4.78 is 5.54. The summed E-state index contributed by atoms with van der Waals surface area (Å²) in [6.45, 7) is 5.27. The van der Waals surface area contributed by atoms with Crippen molar-refractivity contribution in [2.24, 2.45) is 23.7 Å². The van der Waals surface area contributed by atoms with E-state index in [2.05, 4.69) is 17.1 Å². The first-order valence-electron chi connectivity index (χ1n) is 8.86. The van der Waals surface area contributed by atoms with Crippen molar-refractivity contribution in [1.29, 1.82) is 0 Å². The Morgan fingerprint density at radius 3 is 2.36 bits per heavy atom. The maximum absolute atomic E-state index is 12.7. The van der Waals surface area contributed by atoms with Crippen LogP contribution in [0.25, 0.3) is 0 Å². The van der Waals surface area contributed by atoms with Gasteiger partial charge in [-0.15, -0.1) is 12.4 Å². The summed E-state index contributed by atoms with van der Waals surface area (Å²) in [5.41, 5.74) is 0. The summed E-state index contributed by atoms with van der Waals surface area (Å²) in [5, 5.41) is 3.44. The third-order valence-electron chi connectivity index (χ3n) is 6.48. The standard InChI is InChI=1S/C17H28N2O2.ClH/c1-2-19-3-4-21-10-15(19)17(20)18-16-13-6-11-5-12(8-13)9-14(16)7-11;/h11-16H,2-10H2,1H3,(H,18,20);1H/t11?,12?,13?,14?,15-,16?;/m1./s1. The van der Waals surface area contributed by atoms with Crippen LogP contribution in [0.3, 0.4) is 0 Å². The van der Waals surface area contributed by atoms with Crippen molar-refractivity contribution in [2.45, 2.75) is 51.1 Å². The summed E-state index contributed by atoms with van der Waals surface area (Å²) >= 11 is 0. The minimum Gasteiger partial charge on any atom is -0.378 e. The molecule has 5 fully saturated rings. The summed E-state index contributed by atoms with van der Waals surface area (Å²) in [6, 6.07) is 0.381. The van der Waals surface area contributed by atoms with Crippen molar-refractivity contribution in [3.8, 4) is 0 Å². The van der Waals surface area contributed by atoms with Gasteiger partial charge in [0.1, 0.15) is 6.04 Å². The first-order chi connectivity index (χ1) is 10.2. The first-order valence-corrected chi connectivity index (χ1v) is 8.86. The molecule has 0 spiro atoms. The van der Waals surface area contributed by atoms with Gasteiger partial charge in [0.25, 0.3) is 0 Å². The predicted molar refractivity (Wildman–Crippen MR) is 88.1 cm³/mol. The largest absolute Gasteiger partial charge is 0.378 e. The molecule has 0 aromatic carbocycles. The highest BCUT2D eigenvalue weighted by Gasteiger charge is 2.49. The molecule has 0 aromatic heterocycles. The number of morpholine rings is 1. The highest BCUT2D eigenvalue weighted by molar-refractivity contribution is 5.85. The van der Waals surface area contributed by atoms with Crippen LogP contribution in [-0.4, -0.2) is 49.2 Å². The molecule has 0 unspecified atom stereocenters. The molecule has 22 heavy (non-hydrogen) atoms. The van der Waals surface area contributed by atoms with Gasteiger partial charge < -0.3 is 10.1 Å². The molecular formula is C17H29ClN2O2. The molecule has 1 saturated heterocycles. The van der Waals surface area contributed by atoms with Gasteiger partial charge in [0.2, 0.25) is 5.91 Å². The summed E-state index contributed by atoms with van der Waals surface area (Å²) in [5.74, 6) is 3.65. The molecule has 126 valence electrons. The minimum atomic E-state index is -0.0686. The van der Waals surface area contributed by atoms with Gasteiger partial charge in [-0.05, 0) is 62.3 Å². The van der Waals surface area contributed by atoms with Crippen LogP contribution in [0, 0.1) is 23.7 Å². The molecular weight excluding hydrogens is 300 g/mol. The van der Waals surface area contributed by atoms with Crippen molar-refractivity contribution in [3.05, 3.63) is 0 Å². The van der Waals surface area contributed by atoms with E-state index in [1.54, 1.807) is 0 Å². The van der Waals surface area contributed by atoms with Gasteiger partial charge in [0, 0.05) is 12.6 Å². The number of carbonyl (C=O) groups is 1. The van der Waals surface area contributed by atoms with Crippen molar-refractivity contribution in [2.75, 3.05) is 26.3 Å². The van der Waals surface area contributed by atoms with Gasteiger partial charge in [-0.2, -0.15) is 0 Å². The SMILES string of the molecule is CCN1CCOC[C@@H]1C(=O)NC1C2CC3CC(C2)CC1C3.Cl. The molecule has 4 aliphatic carbocycles.